The lowest BCUT2D eigenvalue weighted by molar-refractivity contribution is -0.143. The van der Waals surface area contributed by atoms with Gasteiger partial charge in [0.2, 0.25) is 0 Å². The molecular formula is C16H24O3. The summed E-state index contributed by atoms with van der Waals surface area (Å²) in [6.45, 7) is 6.45. The van der Waals surface area contributed by atoms with Gasteiger partial charge in [0.05, 0.1) is 6.61 Å². The SMILES string of the molecule is CCOC(=O)CCCc1cccc(C(C)CC)c1O. The van der Waals surface area contributed by atoms with Gasteiger partial charge < -0.3 is 9.84 Å². The quantitative estimate of drug-likeness (QED) is 0.762. The fourth-order valence-electron chi connectivity index (χ4n) is 2.09. The molecule has 19 heavy (non-hydrogen) atoms. The number of hydrogen-bond donors (Lipinski definition) is 1. The van der Waals surface area contributed by atoms with E-state index in [2.05, 4.69) is 13.8 Å². The molecule has 0 spiro atoms. The molecule has 1 unspecified atom stereocenters. The normalized spacial score (nSPS) is 12.2. The van der Waals surface area contributed by atoms with Gasteiger partial charge in [-0.05, 0) is 43.2 Å². The van der Waals surface area contributed by atoms with E-state index in [0.717, 1.165) is 17.5 Å². The molecule has 0 aromatic heterocycles. The van der Waals surface area contributed by atoms with Crippen molar-refractivity contribution in [3.8, 4) is 5.75 Å². The van der Waals surface area contributed by atoms with Gasteiger partial charge in [0.1, 0.15) is 5.75 Å². The van der Waals surface area contributed by atoms with Crippen molar-refractivity contribution < 1.29 is 14.6 Å². The number of esters is 1. The van der Waals surface area contributed by atoms with Crippen LogP contribution in [0.1, 0.15) is 57.1 Å². The van der Waals surface area contributed by atoms with E-state index in [4.69, 9.17) is 4.74 Å². The molecule has 3 heteroatoms. The Morgan fingerprint density at radius 3 is 2.74 bits per heavy atom. The van der Waals surface area contributed by atoms with Crippen LogP contribution in [0.4, 0.5) is 0 Å². The molecule has 1 N–H and O–H groups in total. The number of carbonyl (C=O) groups excluding carboxylic acids is 1. The average molecular weight is 264 g/mol. The molecule has 0 aliphatic carbocycles. The highest BCUT2D eigenvalue weighted by Gasteiger charge is 2.12. The second-order valence-corrected chi connectivity index (χ2v) is 4.82. The van der Waals surface area contributed by atoms with Crippen LogP contribution in [0.2, 0.25) is 0 Å². The van der Waals surface area contributed by atoms with Gasteiger partial charge in [-0.2, -0.15) is 0 Å². The second kappa shape index (κ2) is 7.82. The van der Waals surface area contributed by atoms with Crippen LogP contribution in [-0.2, 0) is 16.0 Å². The first kappa shape index (κ1) is 15.5. The van der Waals surface area contributed by atoms with Crippen LogP contribution >= 0.6 is 0 Å². The van der Waals surface area contributed by atoms with Crippen LogP contribution in [0.3, 0.4) is 0 Å². The summed E-state index contributed by atoms with van der Waals surface area (Å²) in [6.07, 6.45) is 2.81. The van der Waals surface area contributed by atoms with Gasteiger partial charge in [-0.3, -0.25) is 4.79 Å². The Morgan fingerprint density at radius 1 is 1.37 bits per heavy atom. The number of rotatable bonds is 7. The zero-order valence-electron chi connectivity index (χ0n) is 12.1. The number of phenolic OH excluding ortho intramolecular Hbond substituents is 1. The summed E-state index contributed by atoms with van der Waals surface area (Å²) in [7, 11) is 0. The highest BCUT2D eigenvalue weighted by atomic mass is 16.5. The van der Waals surface area contributed by atoms with Crippen LogP contribution in [-0.4, -0.2) is 17.7 Å². The highest BCUT2D eigenvalue weighted by molar-refractivity contribution is 5.69. The summed E-state index contributed by atoms with van der Waals surface area (Å²) in [5.41, 5.74) is 1.92. The minimum atomic E-state index is -0.167. The number of aryl methyl sites for hydroxylation is 1. The van der Waals surface area contributed by atoms with Crippen molar-refractivity contribution in [2.45, 2.75) is 52.4 Å². The monoisotopic (exact) mass is 264 g/mol. The standard InChI is InChI=1S/C16H24O3/c1-4-12(3)14-10-6-8-13(16(14)18)9-7-11-15(17)19-5-2/h6,8,10,12,18H,4-5,7,9,11H2,1-3H3. The largest absolute Gasteiger partial charge is 0.507 e. The Balaban J connectivity index is 2.61. The number of benzene rings is 1. The maximum Gasteiger partial charge on any atom is 0.305 e. The Bertz CT molecular complexity index is 412. The zero-order chi connectivity index (χ0) is 14.3. The van der Waals surface area contributed by atoms with Crippen molar-refractivity contribution >= 4 is 5.97 Å². The molecule has 1 rings (SSSR count). The highest BCUT2D eigenvalue weighted by Crippen LogP contribution is 2.31. The van der Waals surface area contributed by atoms with E-state index in [1.54, 1.807) is 6.92 Å². The lowest BCUT2D eigenvalue weighted by atomic mass is 9.94. The van der Waals surface area contributed by atoms with Gasteiger partial charge in [-0.25, -0.2) is 0 Å². The first-order valence-corrected chi connectivity index (χ1v) is 7.06. The molecule has 1 atom stereocenters. The maximum absolute atomic E-state index is 11.3. The van der Waals surface area contributed by atoms with Crippen LogP contribution in [0.15, 0.2) is 18.2 Å². The van der Waals surface area contributed by atoms with E-state index in [1.165, 1.54) is 0 Å². The van der Waals surface area contributed by atoms with Crippen molar-refractivity contribution in [1.29, 1.82) is 0 Å². The Morgan fingerprint density at radius 2 is 2.11 bits per heavy atom. The fourth-order valence-corrected chi connectivity index (χ4v) is 2.09. The fraction of sp³-hybridized carbons (Fsp3) is 0.562. The number of ether oxygens (including phenoxy) is 1. The van der Waals surface area contributed by atoms with Gasteiger partial charge in [-0.1, -0.05) is 32.0 Å². The molecule has 1 aromatic carbocycles. The first-order chi connectivity index (χ1) is 9.10. The summed E-state index contributed by atoms with van der Waals surface area (Å²) in [6, 6.07) is 5.87. The second-order valence-electron chi connectivity index (χ2n) is 4.82. The summed E-state index contributed by atoms with van der Waals surface area (Å²) >= 11 is 0. The van der Waals surface area contributed by atoms with Gasteiger partial charge >= 0.3 is 5.97 Å². The third kappa shape index (κ3) is 4.58. The number of para-hydroxylation sites is 1. The third-order valence-corrected chi connectivity index (χ3v) is 3.43. The Kier molecular flexibility index (Phi) is 6.40. The van der Waals surface area contributed by atoms with Crippen LogP contribution < -0.4 is 0 Å². The molecule has 0 saturated heterocycles. The third-order valence-electron chi connectivity index (χ3n) is 3.43. The number of hydrogen-bond acceptors (Lipinski definition) is 3. The maximum atomic E-state index is 11.3. The van der Waals surface area contributed by atoms with Crippen molar-refractivity contribution in [2.24, 2.45) is 0 Å². The molecule has 3 nitrogen and oxygen atoms in total. The van der Waals surface area contributed by atoms with E-state index in [0.29, 0.717) is 37.5 Å². The topological polar surface area (TPSA) is 46.5 Å². The molecular weight excluding hydrogens is 240 g/mol. The van der Waals surface area contributed by atoms with Crippen molar-refractivity contribution in [3.05, 3.63) is 29.3 Å². The summed E-state index contributed by atoms with van der Waals surface area (Å²) in [4.78, 5) is 11.3. The van der Waals surface area contributed by atoms with E-state index < -0.39 is 0 Å². The van der Waals surface area contributed by atoms with Gasteiger partial charge in [0.15, 0.2) is 0 Å². The van der Waals surface area contributed by atoms with Gasteiger partial charge in [0.25, 0.3) is 0 Å². The molecule has 106 valence electrons. The van der Waals surface area contributed by atoms with E-state index in [1.807, 2.05) is 18.2 Å². The minimum absolute atomic E-state index is 0.167. The first-order valence-electron chi connectivity index (χ1n) is 7.06. The van der Waals surface area contributed by atoms with Crippen LogP contribution in [0, 0.1) is 0 Å². The Hall–Kier alpha value is -1.51. The summed E-state index contributed by atoms with van der Waals surface area (Å²) in [5, 5.41) is 10.2. The van der Waals surface area contributed by atoms with Gasteiger partial charge in [0, 0.05) is 6.42 Å². The molecule has 0 aliphatic rings. The molecule has 0 radical (unpaired) electrons. The number of carbonyl (C=O) groups is 1. The predicted molar refractivity (Wildman–Crippen MR) is 76.4 cm³/mol. The molecule has 0 bridgehead atoms. The molecule has 0 fully saturated rings. The molecule has 0 heterocycles. The van der Waals surface area contributed by atoms with E-state index in [9.17, 15) is 9.90 Å². The number of aromatic hydroxyl groups is 1. The van der Waals surface area contributed by atoms with Crippen LogP contribution in [0.5, 0.6) is 5.75 Å². The average Bonchev–Trinajstić information content (AvgIpc) is 2.40. The summed E-state index contributed by atoms with van der Waals surface area (Å²) in [5.74, 6) is 0.575. The van der Waals surface area contributed by atoms with Crippen LogP contribution in [0.25, 0.3) is 0 Å². The van der Waals surface area contributed by atoms with Crippen molar-refractivity contribution in [3.63, 3.8) is 0 Å². The smallest absolute Gasteiger partial charge is 0.305 e. The molecule has 0 aliphatic heterocycles. The predicted octanol–water partition coefficient (Wildman–Crippen LogP) is 3.79. The molecule has 0 amide bonds. The lowest BCUT2D eigenvalue weighted by Crippen LogP contribution is -2.04. The van der Waals surface area contributed by atoms with E-state index >= 15 is 0 Å². The van der Waals surface area contributed by atoms with Crippen molar-refractivity contribution in [1.82, 2.24) is 0 Å². The molecule has 0 saturated carbocycles. The number of phenols is 1. The minimum Gasteiger partial charge on any atom is -0.507 e. The summed E-state index contributed by atoms with van der Waals surface area (Å²) < 4.78 is 4.89. The van der Waals surface area contributed by atoms with E-state index in [-0.39, 0.29) is 5.97 Å². The Labute approximate surface area is 115 Å². The van der Waals surface area contributed by atoms with Gasteiger partial charge in [-0.15, -0.1) is 0 Å². The van der Waals surface area contributed by atoms with Crippen molar-refractivity contribution in [2.75, 3.05) is 6.61 Å². The zero-order valence-corrected chi connectivity index (χ0v) is 12.1. The molecule has 1 aromatic rings. The lowest BCUT2D eigenvalue weighted by Gasteiger charge is -2.14.